The average Bonchev–Trinajstić information content (AvgIpc) is 2.60. The van der Waals surface area contributed by atoms with Gasteiger partial charge in [0.15, 0.2) is 0 Å². The summed E-state index contributed by atoms with van der Waals surface area (Å²) in [5.41, 5.74) is 0.611. The number of carbonyl (C=O) groups is 1. The van der Waals surface area contributed by atoms with Crippen LogP contribution in [-0.4, -0.2) is 18.6 Å². The molecule has 1 fully saturated rings. The van der Waals surface area contributed by atoms with E-state index in [1.165, 1.54) is 7.11 Å². The Labute approximate surface area is 135 Å². The highest BCUT2D eigenvalue weighted by Crippen LogP contribution is 2.41. The number of anilines is 1. The van der Waals surface area contributed by atoms with Crippen LogP contribution in [-0.2, 0) is 9.53 Å². The molecule has 1 atom stereocenters. The number of esters is 1. The number of ether oxygens (including phenoxy) is 1. The number of benzene rings is 1. The van der Waals surface area contributed by atoms with Gasteiger partial charge in [-0.15, -0.1) is 0 Å². The number of halogens is 1. The molecule has 0 amide bonds. The normalized spacial score (nSPS) is 25.0. The SMILES string of the molecule is COC(=O)C1(Nc2ccccc2Br)CCCC(C)(C)CC1. The molecule has 0 aliphatic heterocycles. The first-order chi connectivity index (χ1) is 9.88. The molecular weight excluding hydrogens is 330 g/mol. The van der Waals surface area contributed by atoms with Crippen molar-refractivity contribution < 1.29 is 9.53 Å². The van der Waals surface area contributed by atoms with Gasteiger partial charge < -0.3 is 10.1 Å². The van der Waals surface area contributed by atoms with Gasteiger partial charge in [0.05, 0.1) is 7.11 Å². The molecule has 0 saturated heterocycles. The van der Waals surface area contributed by atoms with Crippen molar-refractivity contribution in [3.63, 3.8) is 0 Å². The number of nitrogens with one attached hydrogen (secondary N) is 1. The largest absolute Gasteiger partial charge is 0.467 e. The zero-order valence-corrected chi connectivity index (χ0v) is 14.6. The summed E-state index contributed by atoms with van der Waals surface area (Å²) in [6.07, 6.45) is 4.79. The summed E-state index contributed by atoms with van der Waals surface area (Å²) in [7, 11) is 1.47. The average molecular weight is 354 g/mol. The van der Waals surface area contributed by atoms with E-state index in [0.29, 0.717) is 0 Å². The zero-order valence-electron chi connectivity index (χ0n) is 13.0. The zero-order chi connectivity index (χ0) is 15.5. The Morgan fingerprint density at radius 1 is 1.19 bits per heavy atom. The molecule has 1 saturated carbocycles. The molecule has 0 heterocycles. The summed E-state index contributed by atoms with van der Waals surface area (Å²) in [6.45, 7) is 4.55. The van der Waals surface area contributed by atoms with Crippen molar-refractivity contribution in [2.75, 3.05) is 12.4 Å². The van der Waals surface area contributed by atoms with Gasteiger partial charge in [-0.3, -0.25) is 0 Å². The molecule has 3 nitrogen and oxygen atoms in total. The van der Waals surface area contributed by atoms with Gasteiger partial charge in [-0.1, -0.05) is 26.0 Å². The van der Waals surface area contributed by atoms with Crippen LogP contribution in [0.2, 0.25) is 0 Å². The minimum Gasteiger partial charge on any atom is -0.467 e. The summed E-state index contributed by atoms with van der Waals surface area (Å²) in [4.78, 5) is 12.5. The van der Waals surface area contributed by atoms with E-state index in [9.17, 15) is 4.79 Å². The van der Waals surface area contributed by atoms with Crippen LogP contribution in [0.4, 0.5) is 5.69 Å². The summed E-state index contributed by atoms with van der Waals surface area (Å²) < 4.78 is 6.08. The molecule has 0 radical (unpaired) electrons. The number of hydrogen-bond acceptors (Lipinski definition) is 3. The molecule has 0 aromatic heterocycles. The molecule has 1 aromatic carbocycles. The van der Waals surface area contributed by atoms with E-state index < -0.39 is 5.54 Å². The van der Waals surface area contributed by atoms with Gasteiger partial charge in [-0.05, 0) is 65.6 Å². The first-order valence-electron chi connectivity index (χ1n) is 7.50. The van der Waals surface area contributed by atoms with Gasteiger partial charge in [0.1, 0.15) is 5.54 Å². The summed E-state index contributed by atoms with van der Waals surface area (Å²) in [5.74, 6) is -0.157. The first-order valence-corrected chi connectivity index (χ1v) is 8.29. The number of methoxy groups -OCH3 is 1. The van der Waals surface area contributed by atoms with Crippen molar-refractivity contribution >= 4 is 27.6 Å². The fourth-order valence-electron chi connectivity index (χ4n) is 3.07. The number of carbonyl (C=O) groups excluding carboxylic acids is 1. The molecule has 0 spiro atoms. The lowest BCUT2D eigenvalue weighted by Gasteiger charge is -2.33. The molecule has 2 rings (SSSR count). The number of para-hydroxylation sites is 1. The third-order valence-electron chi connectivity index (χ3n) is 4.51. The standard InChI is InChI=1S/C17H24BrNO2/c1-16(2)9-6-10-17(12-11-16,15(20)21-3)19-14-8-5-4-7-13(14)18/h4-5,7-8,19H,6,9-12H2,1-3H3. The summed E-state index contributed by atoms with van der Waals surface area (Å²) >= 11 is 3.55. The topological polar surface area (TPSA) is 38.3 Å². The molecule has 21 heavy (non-hydrogen) atoms. The number of hydrogen-bond donors (Lipinski definition) is 1. The van der Waals surface area contributed by atoms with Gasteiger partial charge in [-0.2, -0.15) is 0 Å². The predicted octanol–water partition coefficient (Wildman–Crippen LogP) is 4.76. The third-order valence-corrected chi connectivity index (χ3v) is 5.20. The van der Waals surface area contributed by atoms with Crippen LogP contribution in [0.25, 0.3) is 0 Å². The van der Waals surface area contributed by atoms with Crippen LogP contribution in [0.3, 0.4) is 0 Å². The molecule has 0 bridgehead atoms. The van der Waals surface area contributed by atoms with Crippen LogP contribution in [0.5, 0.6) is 0 Å². The first kappa shape index (κ1) is 16.3. The highest BCUT2D eigenvalue weighted by molar-refractivity contribution is 9.10. The van der Waals surface area contributed by atoms with E-state index in [1.54, 1.807) is 0 Å². The quantitative estimate of drug-likeness (QED) is 0.628. The molecule has 1 N–H and O–H groups in total. The van der Waals surface area contributed by atoms with E-state index in [1.807, 2.05) is 24.3 Å². The van der Waals surface area contributed by atoms with E-state index in [4.69, 9.17) is 4.74 Å². The summed E-state index contributed by atoms with van der Waals surface area (Å²) in [5, 5.41) is 3.47. The van der Waals surface area contributed by atoms with E-state index >= 15 is 0 Å². The maximum atomic E-state index is 12.5. The van der Waals surface area contributed by atoms with Crippen molar-refractivity contribution in [1.82, 2.24) is 0 Å². The van der Waals surface area contributed by atoms with Crippen LogP contribution >= 0.6 is 15.9 Å². The smallest absolute Gasteiger partial charge is 0.331 e. The maximum Gasteiger partial charge on any atom is 0.331 e. The molecule has 1 unspecified atom stereocenters. The lowest BCUT2D eigenvalue weighted by molar-refractivity contribution is -0.146. The van der Waals surface area contributed by atoms with Crippen LogP contribution in [0.15, 0.2) is 28.7 Å². The molecule has 1 aliphatic rings. The van der Waals surface area contributed by atoms with Gasteiger partial charge in [-0.25, -0.2) is 4.79 Å². The monoisotopic (exact) mass is 353 g/mol. The van der Waals surface area contributed by atoms with Crippen LogP contribution in [0.1, 0.15) is 46.0 Å². The molecule has 1 aliphatic carbocycles. The fraction of sp³-hybridized carbons (Fsp3) is 0.588. The fourth-order valence-corrected chi connectivity index (χ4v) is 3.45. The Morgan fingerprint density at radius 2 is 1.90 bits per heavy atom. The van der Waals surface area contributed by atoms with Gasteiger partial charge >= 0.3 is 5.97 Å². The van der Waals surface area contributed by atoms with Crippen LogP contribution < -0.4 is 5.32 Å². The predicted molar refractivity (Wildman–Crippen MR) is 89.4 cm³/mol. The van der Waals surface area contributed by atoms with Gasteiger partial charge in [0.2, 0.25) is 0 Å². The minimum absolute atomic E-state index is 0.157. The van der Waals surface area contributed by atoms with Gasteiger partial charge in [0.25, 0.3) is 0 Å². The number of rotatable bonds is 3. The Balaban J connectivity index is 2.30. The lowest BCUT2D eigenvalue weighted by Crippen LogP contribution is -2.47. The Bertz CT molecular complexity index is 515. The lowest BCUT2D eigenvalue weighted by atomic mass is 9.83. The Morgan fingerprint density at radius 3 is 2.57 bits per heavy atom. The Hall–Kier alpha value is -1.03. The molecule has 4 heteroatoms. The molecule has 116 valence electrons. The minimum atomic E-state index is -0.619. The third kappa shape index (κ3) is 3.79. The maximum absolute atomic E-state index is 12.5. The highest BCUT2D eigenvalue weighted by Gasteiger charge is 2.42. The van der Waals surface area contributed by atoms with Gasteiger partial charge in [0, 0.05) is 10.2 Å². The van der Waals surface area contributed by atoms with Crippen LogP contribution in [0, 0.1) is 5.41 Å². The second-order valence-corrected chi connectivity index (χ2v) is 7.55. The van der Waals surface area contributed by atoms with Crippen molar-refractivity contribution in [1.29, 1.82) is 0 Å². The molecule has 1 aromatic rings. The Kier molecular flexibility index (Phi) is 4.97. The highest BCUT2D eigenvalue weighted by atomic mass is 79.9. The van der Waals surface area contributed by atoms with Crippen molar-refractivity contribution in [3.8, 4) is 0 Å². The summed E-state index contributed by atoms with van der Waals surface area (Å²) in [6, 6.07) is 7.91. The molecular formula is C17H24BrNO2. The van der Waals surface area contributed by atoms with Crippen molar-refractivity contribution in [3.05, 3.63) is 28.7 Å². The second-order valence-electron chi connectivity index (χ2n) is 6.70. The van der Waals surface area contributed by atoms with Crippen molar-refractivity contribution in [2.24, 2.45) is 5.41 Å². The van der Waals surface area contributed by atoms with Crippen molar-refractivity contribution in [2.45, 2.75) is 51.5 Å². The van der Waals surface area contributed by atoms with E-state index in [2.05, 4.69) is 35.1 Å². The second kappa shape index (κ2) is 6.39. The van der Waals surface area contributed by atoms with E-state index in [-0.39, 0.29) is 11.4 Å². The van der Waals surface area contributed by atoms with E-state index in [0.717, 1.165) is 42.3 Å².